The van der Waals surface area contributed by atoms with Gasteiger partial charge in [0.05, 0.1) is 0 Å². The van der Waals surface area contributed by atoms with Crippen LogP contribution < -0.4 is 10.2 Å². The lowest BCUT2D eigenvalue weighted by atomic mass is 10.1. The van der Waals surface area contributed by atoms with Crippen LogP contribution >= 0.6 is 0 Å². The van der Waals surface area contributed by atoms with Crippen molar-refractivity contribution >= 4 is 17.1 Å². The van der Waals surface area contributed by atoms with Crippen molar-refractivity contribution in [1.82, 2.24) is 0 Å². The number of hydrogen-bond donors (Lipinski definition) is 1. The van der Waals surface area contributed by atoms with Crippen LogP contribution in [-0.2, 0) is 6.42 Å². The molecule has 2 heteroatoms. The number of hydrogen-bond acceptors (Lipinski definition) is 2. The highest BCUT2D eigenvalue weighted by Crippen LogP contribution is 2.25. The molecule has 2 aromatic rings. The minimum Gasteiger partial charge on any atom is -0.388 e. The van der Waals surface area contributed by atoms with E-state index in [0.717, 1.165) is 12.1 Å². The predicted molar refractivity (Wildman–Crippen MR) is 79.9 cm³/mol. The Kier molecular flexibility index (Phi) is 3.88. The zero-order valence-electron chi connectivity index (χ0n) is 11.3. The first-order valence-corrected chi connectivity index (χ1v) is 6.35. The molecule has 0 saturated heterocycles. The number of nitrogens with one attached hydrogen (secondary N) is 1. The smallest absolute Gasteiger partial charge is 0.0428 e. The van der Waals surface area contributed by atoms with Crippen LogP contribution in [-0.4, -0.2) is 14.1 Å². The molecule has 2 nitrogen and oxygen atoms in total. The van der Waals surface area contributed by atoms with Crippen LogP contribution in [0.5, 0.6) is 0 Å². The molecule has 0 spiro atoms. The summed E-state index contributed by atoms with van der Waals surface area (Å²) in [5.74, 6) is 0. The fourth-order valence-corrected chi connectivity index (χ4v) is 1.97. The van der Waals surface area contributed by atoms with E-state index in [2.05, 4.69) is 72.7 Å². The third kappa shape index (κ3) is 2.65. The van der Waals surface area contributed by atoms with Gasteiger partial charge in [-0.3, -0.25) is 0 Å². The van der Waals surface area contributed by atoms with Crippen LogP contribution in [0.25, 0.3) is 0 Å². The summed E-state index contributed by atoms with van der Waals surface area (Å²) >= 11 is 0. The summed E-state index contributed by atoms with van der Waals surface area (Å²) in [5, 5.41) is 3.17. The number of benzene rings is 2. The Morgan fingerprint density at radius 2 is 1.72 bits per heavy atom. The van der Waals surface area contributed by atoms with E-state index in [9.17, 15) is 0 Å². The van der Waals surface area contributed by atoms with Gasteiger partial charge in [0.2, 0.25) is 0 Å². The molecular formula is C16H20N2. The quantitative estimate of drug-likeness (QED) is 0.867. The molecule has 0 saturated carbocycles. The first-order chi connectivity index (χ1) is 8.74. The maximum Gasteiger partial charge on any atom is 0.0428 e. The molecule has 2 aromatic carbocycles. The minimum absolute atomic E-state index is 1.08. The van der Waals surface area contributed by atoms with Crippen molar-refractivity contribution in [2.75, 3.05) is 24.3 Å². The first-order valence-electron chi connectivity index (χ1n) is 6.35. The lowest BCUT2D eigenvalue weighted by Crippen LogP contribution is -2.09. The number of nitrogens with zero attached hydrogens (tertiary/aromatic N) is 1. The van der Waals surface area contributed by atoms with Crippen LogP contribution in [0.4, 0.5) is 17.1 Å². The maximum atomic E-state index is 3.17. The zero-order valence-corrected chi connectivity index (χ0v) is 11.3. The highest BCUT2D eigenvalue weighted by atomic mass is 15.1. The van der Waals surface area contributed by atoms with Gasteiger partial charge in [-0.2, -0.15) is 0 Å². The minimum atomic E-state index is 1.08. The third-order valence-electron chi connectivity index (χ3n) is 3.25. The fraction of sp³-hybridized carbons (Fsp3) is 0.250. The zero-order chi connectivity index (χ0) is 13.0. The summed E-state index contributed by atoms with van der Waals surface area (Å²) in [6.45, 7) is 2.18. The summed E-state index contributed by atoms with van der Waals surface area (Å²) in [4.78, 5) is 2.19. The number of aryl methyl sites for hydroxylation is 1. The molecule has 1 N–H and O–H groups in total. The molecule has 0 aliphatic carbocycles. The Bertz CT molecular complexity index is 503. The molecular weight excluding hydrogens is 220 g/mol. The van der Waals surface area contributed by atoms with Gasteiger partial charge in [0.25, 0.3) is 0 Å². The van der Waals surface area contributed by atoms with Crippen molar-refractivity contribution in [3.8, 4) is 0 Å². The van der Waals surface area contributed by atoms with Gasteiger partial charge in [0.1, 0.15) is 0 Å². The van der Waals surface area contributed by atoms with Gasteiger partial charge in [-0.1, -0.05) is 25.1 Å². The van der Waals surface area contributed by atoms with Gasteiger partial charge >= 0.3 is 0 Å². The monoisotopic (exact) mass is 240 g/mol. The van der Waals surface area contributed by atoms with Crippen molar-refractivity contribution in [3.63, 3.8) is 0 Å². The fourth-order valence-electron chi connectivity index (χ4n) is 1.97. The van der Waals surface area contributed by atoms with Crippen LogP contribution in [0.15, 0.2) is 48.5 Å². The van der Waals surface area contributed by atoms with Crippen LogP contribution in [0.2, 0.25) is 0 Å². The lowest BCUT2D eigenvalue weighted by Gasteiger charge is -2.20. The maximum absolute atomic E-state index is 3.17. The van der Waals surface area contributed by atoms with Gasteiger partial charge in [0, 0.05) is 31.2 Å². The average molecular weight is 240 g/mol. The second-order valence-electron chi connectivity index (χ2n) is 4.38. The summed E-state index contributed by atoms with van der Waals surface area (Å²) < 4.78 is 0. The van der Waals surface area contributed by atoms with Crippen LogP contribution in [0, 0.1) is 0 Å². The van der Waals surface area contributed by atoms with Crippen LogP contribution in [0.1, 0.15) is 12.5 Å². The summed E-state index contributed by atoms with van der Waals surface area (Å²) in [5.41, 5.74) is 4.90. The van der Waals surface area contributed by atoms with Gasteiger partial charge in [-0.05, 0) is 42.3 Å². The van der Waals surface area contributed by atoms with Crippen molar-refractivity contribution in [2.45, 2.75) is 13.3 Å². The number of anilines is 3. The first kappa shape index (κ1) is 12.5. The number of rotatable bonds is 4. The largest absolute Gasteiger partial charge is 0.388 e. The van der Waals surface area contributed by atoms with E-state index >= 15 is 0 Å². The molecule has 0 aliphatic rings. The molecule has 0 aromatic heterocycles. The SMILES string of the molecule is CCc1ccc(N(C)c2cccc(NC)c2)cc1. The second-order valence-corrected chi connectivity index (χ2v) is 4.38. The molecule has 0 aliphatic heterocycles. The van der Waals surface area contributed by atoms with Gasteiger partial charge in [-0.15, -0.1) is 0 Å². The summed E-state index contributed by atoms with van der Waals surface area (Å²) in [7, 11) is 4.03. The highest BCUT2D eigenvalue weighted by molar-refractivity contribution is 5.66. The Morgan fingerprint density at radius 1 is 1.00 bits per heavy atom. The van der Waals surface area contributed by atoms with Gasteiger partial charge in [0.15, 0.2) is 0 Å². The Morgan fingerprint density at radius 3 is 2.33 bits per heavy atom. The third-order valence-corrected chi connectivity index (χ3v) is 3.25. The van der Waals surface area contributed by atoms with Crippen LogP contribution in [0.3, 0.4) is 0 Å². The molecule has 0 radical (unpaired) electrons. The van der Waals surface area contributed by atoms with Crippen molar-refractivity contribution in [2.24, 2.45) is 0 Å². The van der Waals surface area contributed by atoms with E-state index in [1.807, 2.05) is 7.05 Å². The van der Waals surface area contributed by atoms with E-state index in [-0.39, 0.29) is 0 Å². The molecule has 0 unspecified atom stereocenters. The molecule has 0 atom stereocenters. The molecule has 0 amide bonds. The van der Waals surface area contributed by atoms with E-state index in [1.54, 1.807) is 0 Å². The molecule has 2 rings (SSSR count). The van der Waals surface area contributed by atoms with Crippen molar-refractivity contribution in [3.05, 3.63) is 54.1 Å². The lowest BCUT2D eigenvalue weighted by molar-refractivity contribution is 1.13. The summed E-state index contributed by atoms with van der Waals surface area (Å²) in [6, 6.07) is 17.1. The molecule has 0 bridgehead atoms. The van der Waals surface area contributed by atoms with Crippen molar-refractivity contribution < 1.29 is 0 Å². The average Bonchev–Trinajstić information content (AvgIpc) is 2.46. The molecule has 18 heavy (non-hydrogen) atoms. The summed E-state index contributed by atoms with van der Waals surface area (Å²) in [6.07, 6.45) is 1.08. The van der Waals surface area contributed by atoms with E-state index in [4.69, 9.17) is 0 Å². The molecule has 94 valence electrons. The van der Waals surface area contributed by atoms with E-state index < -0.39 is 0 Å². The normalized spacial score (nSPS) is 10.2. The predicted octanol–water partition coefficient (Wildman–Crippen LogP) is 4.06. The standard InChI is InChI=1S/C16H20N2/c1-4-13-8-10-15(11-9-13)18(3)16-7-5-6-14(12-16)17-2/h5-12,17H,4H2,1-3H3. The molecule has 0 fully saturated rings. The second kappa shape index (κ2) is 5.58. The Hall–Kier alpha value is -1.96. The van der Waals surface area contributed by atoms with E-state index in [0.29, 0.717) is 0 Å². The topological polar surface area (TPSA) is 15.3 Å². The highest BCUT2D eigenvalue weighted by Gasteiger charge is 2.04. The Balaban J connectivity index is 2.25. The molecule has 0 heterocycles. The Labute approximate surface area is 109 Å². The van der Waals surface area contributed by atoms with Crippen molar-refractivity contribution in [1.29, 1.82) is 0 Å². The van der Waals surface area contributed by atoms with Gasteiger partial charge < -0.3 is 10.2 Å². The van der Waals surface area contributed by atoms with Gasteiger partial charge in [-0.25, -0.2) is 0 Å². The van der Waals surface area contributed by atoms with E-state index in [1.165, 1.54) is 16.9 Å².